The number of aliphatic hydroxyl groups excluding tert-OH is 13. The lowest BCUT2D eigenvalue weighted by atomic mass is 9.92. The Morgan fingerprint density at radius 2 is 1.08 bits per heavy atom. The van der Waals surface area contributed by atoms with Gasteiger partial charge in [-0.15, -0.1) is 0 Å². The van der Waals surface area contributed by atoms with Crippen molar-refractivity contribution in [3.63, 3.8) is 0 Å². The van der Waals surface area contributed by atoms with E-state index >= 15 is 9.59 Å². The summed E-state index contributed by atoms with van der Waals surface area (Å²) in [7, 11) is 0. The van der Waals surface area contributed by atoms with Gasteiger partial charge in [0.15, 0.2) is 12.2 Å². The minimum atomic E-state index is -2.34. The van der Waals surface area contributed by atoms with Crippen LogP contribution < -0.4 is 63.5 Å². The summed E-state index contributed by atoms with van der Waals surface area (Å²) in [5.41, 5.74) is 14.6. The molecule has 0 aromatic heterocycles. The quantitative estimate of drug-likeness (QED) is 0.0307. The van der Waals surface area contributed by atoms with Gasteiger partial charge in [-0.25, -0.2) is 9.57 Å². The number of nitrogens with two attached hydrogens (primary N) is 2. The average Bonchev–Trinajstić information content (AvgIpc) is 1.49. The van der Waals surface area contributed by atoms with Crippen molar-refractivity contribution in [2.45, 2.75) is 179 Å². The van der Waals surface area contributed by atoms with Crippen LogP contribution in [0.25, 0.3) is 0 Å². The maximum atomic E-state index is 15.2. The molecule has 25 N–H and O–H groups in total. The first-order valence-electron chi connectivity index (χ1n) is 34.2. The van der Waals surface area contributed by atoms with Crippen LogP contribution >= 0.6 is 0 Å². The molecule has 0 radical (unpaired) electrons. The maximum absolute atomic E-state index is 15.2. The standard InChI is InChI=1S/C68H90N12O26/c1-30(34-10-6-3-7-11-34)45-61(97)74-37(20-31-12-18-36(19-13-31)102-65-56(94)53(91)58(43(27-84)105-65)106-66-55(93)52(90)57(42(26-83)104-66)101-29-33-14-16-35(17-15-33)100-28-32-8-4-2-5-9-32)60(96)78-46(48(86)38-21-72-67(69)76-38)63(99)79-47(62(98)75-39(24-81)59(95)71-23-44(85)77-45)49(87)40-22-73-68(70)80(40)64-54(92)51(89)50(88)41(25-82)103-64/h2-19,30,37-43,45-58,64-66,81-84,86-94H,20-29H2,1H3,(H11,69,70,71,72,73,74,75,76,77,78,79,85,95,96,97,98,99)/p+1/t30-,37-,38+,39+,40+,41+,42+,43-,45+,46+,47-,48-,49-,50+,51+,52-,53?,54+,55+,56-,57+,58+,64-,65-,66+/m1/s1. The number of hydrogen-bond acceptors (Lipinski definition) is 31. The number of hydrogen-bond donors (Lipinski definition) is 23. The van der Waals surface area contributed by atoms with E-state index in [1.807, 2.05) is 30.3 Å². The molecule has 25 atom stereocenters. The largest absolute Gasteiger partial charge is 0.489 e. The third-order valence-electron chi connectivity index (χ3n) is 19.2. The summed E-state index contributed by atoms with van der Waals surface area (Å²) in [6.07, 6.45) is -30.9. The van der Waals surface area contributed by atoms with Crippen LogP contribution in [0.15, 0.2) is 114 Å². The van der Waals surface area contributed by atoms with E-state index in [-0.39, 0.29) is 36.4 Å². The zero-order valence-corrected chi connectivity index (χ0v) is 57.1. The Hall–Kier alpha value is -8.88. The molecule has 38 heteroatoms. The van der Waals surface area contributed by atoms with Crippen LogP contribution in [-0.4, -0.2) is 311 Å². The van der Waals surface area contributed by atoms with Gasteiger partial charge in [0.05, 0.1) is 45.6 Å². The molecule has 4 aromatic rings. The van der Waals surface area contributed by atoms with Crippen molar-refractivity contribution in [1.29, 1.82) is 0 Å². The first-order valence-corrected chi connectivity index (χ1v) is 34.2. The van der Waals surface area contributed by atoms with Crippen LogP contribution in [0.1, 0.15) is 35.1 Å². The highest BCUT2D eigenvalue weighted by Gasteiger charge is 2.55. The molecule has 6 aliphatic rings. The zero-order chi connectivity index (χ0) is 76.2. The fraction of sp³-hybridized carbons (Fsp3) is 0.529. The van der Waals surface area contributed by atoms with Crippen molar-refractivity contribution in [2.24, 2.45) is 16.5 Å². The van der Waals surface area contributed by atoms with Gasteiger partial charge in [-0.3, -0.25) is 39.8 Å². The normalized spacial score (nSPS) is 33.8. The van der Waals surface area contributed by atoms with E-state index in [1.54, 1.807) is 61.5 Å². The molecule has 0 spiro atoms. The summed E-state index contributed by atoms with van der Waals surface area (Å²) < 4.78 is 42.1. The summed E-state index contributed by atoms with van der Waals surface area (Å²) in [5, 5.41) is 164. The van der Waals surface area contributed by atoms with Crippen LogP contribution in [0.3, 0.4) is 0 Å². The Balaban J connectivity index is 0.876. The molecule has 6 heterocycles. The molecule has 10 rings (SSSR count). The molecule has 4 fully saturated rings. The number of carbonyl (C=O) groups excluding carboxylic acids is 6. The number of rotatable bonds is 23. The molecule has 0 aliphatic carbocycles. The van der Waals surface area contributed by atoms with Crippen molar-refractivity contribution in [3.8, 4) is 11.5 Å². The highest BCUT2D eigenvalue weighted by molar-refractivity contribution is 5.98. The highest BCUT2D eigenvalue weighted by Crippen LogP contribution is 2.33. The SMILES string of the molecule is C[C@H](c1ccccc1)[C@@H]1NC(=O)CNC(=O)[C@H](CO)NC(=O)[C@@H]([C@H](O)[C@@H]2CNC(N)=[N+]2[C@@H]2O[C@@H](CO)[C@H](O)[C@H](O)[C@@H]2O)NC(=O)[C@H]([C@H](O)[C@@H]2CNC(N)=N2)NC(=O)[C@@H](Cc2ccc(O[C@@H]3O[C@H](CO)[C@H](O[C@@H]4O[C@@H](CO)[C@H](OCc5ccc(OCc6ccccc6)cc5)[C@H](O)[C@@H]4O)C(O)[C@H]3O)cc2)NC1=O. The lowest BCUT2D eigenvalue weighted by Gasteiger charge is -2.46. The van der Waals surface area contributed by atoms with Crippen LogP contribution in [0, 0.1) is 0 Å². The Morgan fingerprint density at radius 1 is 0.519 bits per heavy atom. The second-order valence-corrected chi connectivity index (χ2v) is 26.3. The Kier molecular flexibility index (Phi) is 27.2. The molecular weight excluding hydrogens is 1400 g/mol. The molecule has 4 saturated heterocycles. The van der Waals surface area contributed by atoms with Crippen LogP contribution in [0.4, 0.5) is 0 Å². The average molecular weight is 1490 g/mol. The molecule has 106 heavy (non-hydrogen) atoms. The number of aliphatic hydroxyl groups is 13. The molecule has 4 aromatic carbocycles. The molecule has 38 nitrogen and oxygen atoms in total. The first kappa shape index (κ1) is 79.7. The third-order valence-corrected chi connectivity index (χ3v) is 19.2. The number of guanidine groups is 2. The minimum absolute atomic E-state index is 0.0691. The van der Waals surface area contributed by atoms with Gasteiger partial charge in [-0.05, 0) is 46.5 Å². The van der Waals surface area contributed by atoms with E-state index < -0.39 is 234 Å². The summed E-state index contributed by atoms with van der Waals surface area (Å²) in [6, 6.07) is 17.3. The van der Waals surface area contributed by atoms with E-state index in [2.05, 4.69) is 47.5 Å². The summed E-state index contributed by atoms with van der Waals surface area (Å²) in [5.74, 6) is -8.27. The molecule has 578 valence electrons. The van der Waals surface area contributed by atoms with E-state index in [0.29, 0.717) is 23.5 Å². The Labute approximate surface area is 605 Å². The monoisotopic (exact) mass is 1490 g/mol. The first-order chi connectivity index (χ1) is 50.8. The van der Waals surface area contributed by atoms with E-state index in [1.165, 1.54) is 24.3 Å². The smallest absolute Gasteiger partial charge is 0.346 e. The van der Waals surface area contributed by atoms with Crippen LogP contribution in [0.2, 0.25) is 0 Å². The predicted molar refractivity (Wildman–Crippen MR) is 362 cm³/mol. The van der Waals surface area contributed by atoms with Gasteiger partial charge < -0.3 is 142 Å². The number of nitrogens with one attached hydrogen (secondary N) is 8. The van der Waals surface area contributed by atoms with Crippen LogP contribution in [0.5, 0.6) is 11.5 Å². The molecule has 6 aliphatic heterocycles. The van der Waals surface area contributed by atoms with Gasteiger partial charge in [-0.2, -0.15) is 0 Å². The predicted octanol–water partition coefficient (Wildman–Crippen LogP) is -10.5. The topological polar surface area (TPSA) is 594 Å². The summed E-state index contributed by atoms with van der Waals surface area (Å²) in [6.45, 7) is -3.44. The Morgan fingerprint density at radius 3 is 1.74 bits per heavy atom. The fourth-order valence-corrected chi connectivity index (χ4v) is 13.1. The van der Waals surface area contributed by atoms with E-state index in [4.69, 9.17) is 44.6 Å². The van der Waals surface area contributed by atoms with Crippen molar-refractivity contribution in [2.75, 3.05) is 46.1 Å². The number of amides is 6. The zero-order valence-electron chi connectivity index (χ0n) is 57.1. The number of ether oxygens (including phenoxy) is 7. The lowest BCUT2D eigenvalue weighted by molar-refractivity contribution is -0.663. The van der Waals surface area contributed by atoms with Gasteiger partial charge in [0, 0.05) is 18.9 Å². The van der Waals surface area contributed by atoms with Crippen molar-refractivity contribution < 1.29 is 133 Å². The molecular formula is C68H91N12O26+. The second-order valence-electron chi connectivity index (χ2n) is 26.3. The second kappa shape index (κ2) is 36.1. The maximum Gasteiger partial charge on any atom is 0.346 e. The number of aliphatic imine (C=N–C) groups is 1. The van der Waals surface area contributed by atoms with Crippen LogP contribution in [-0.2, 0) is 72.1 Å². The van der Waals surface area contributed by atoms with Gasteiger partial charge in [0.25, 0.3) is 0 Å². The molecule has 6 amide bonds. The number of benzene rings is 4. The van der Waals surface area contributed by atoms with Gasteiger partial charge >= 0.3 is 5.96 Å². The van der Waals surface area contributed by atoms with Gasteiger partial charge in [-0.1, -0.05) is 91.9 Å². The third kappa shape index (κ3) is 18.7. The molecule has 0 saturated carbocycles. The highest BCUT2D eigenvalue weighted by atomic mass is 16.7. The fourth-order valence-electron chi connectivity index (χ4n) is 13.1. The van der Waals surface area contributed by atoms with E-state index in [0.717, 1.165) is 10.1 Å². The minimum Gasteiger partial charge on any atom is -0.489 e. The molecule has 0 bridgehead atoms. The number of carbonyl (C=O) groups is 6. The molecule has 1 unspecified atom stereocenters. The van der Waals surface area contributed by atoms with Crippen molar-refractivity contribution in [1.82, 2.24) is 42.5 Å². The van der Waals surface area contributed by atoms with Crippen molar-refractivity contribution >= 4 is 47.4 Å². The lowest BCUT2D eigenvalue weighted by Crippen LogP contribution is -2.68. The van der Waals surface area contributed by atoms with Crippen molar-refractivity contribution in [3.05, 3.63) is 131 Å². The Bertz CT molecular complexity index is 3690. The van der Waals surface area contributed by atoms with Gasteiger partial charge in [0.1, 0.15) is 146 Å². The summed E-state index contributed by atoms with van der Waals surface area (Å²) >= 11 is 0. The summed E-state index contributed by atoms with van der Waals surface area (Å²) in [4.78, 5) is 91.8. The number of nitrogens with zero attached hydrogens (tertiary/aromatic N) is 2. The van der Waals surface area contributed by atoms with E-state index in [9.17, 15) is 85.6 Å². The van der Waals surface area contributed by atoms with Gasteiger partial charge in [0.2, 0.25) is 48.0 Å².